The number of hydrogen-bond donors (Lipinski definition) is 0. The SMILES string of the molecule is CCC[N+](C)(C)CC.O=S(=O)(SS(=O)(=O)C(F)(F)F)C(F)(F)F. The average molecular weight is 414 g/mol. The molecule has 0 saturated carbocycles. The molecule has 0 amide bonds. The van der Waals surface area contributed by atoms with Crippen LogP contribution in [-0.4, -0.2) is 59.5 Å². The molecule has 0 fully saturated rings. The third kappa shape index (κ3) is 9.00. The second-order valence-corrected chi connectivity index (χ2v) is 12.0. The van der Waals surface area contributed by atoms with Gasteiger partial charge in [0, 0.05) is 0 Å². The summed E-state index contributed by atoms with van der Waals surface area (Å²) in [6, 6.07) is 0. The minimum atomic E-state index is -6.43. The van der Waals surface area contributed by atoms with Crippen LogP contribution in [0.25, 0.3) is 0 Å². The lowest BCUT2D eigenvalue weighted by Crippen LogP contribution is -2.39. The molecular formula is C9H18F6NO4S3+. The van der Waals surface area contributed by atoms with E-state index in [-0.39, 0.29) is 0 Å². The van der Waals surface area contributed by atoms with Crippen molar-refractivity contribution in [1.29, 1.82) is 0 Å². The number of nitrogens with zero attached hydrogens (tertiary/aromatic N) is 1. The van der Waals surface area contributed by atoms with Crippen LogP contribution in [0.2, 0.25) is 0 Å². The summed E-state index contributed by atoms with van der Waals surface area (Å²) >= 11 is 0. The van der Waals surface area contributed by atoms with E-state index in [9.17, 15) is 43.2 Å². The third-order valence-corrected chi connectivity index (χ3v) is 9.36. The van der Waals surface area contributed by atoms with Gasteiger partial charge in [-0.2, -0.15) is 26.3 Å². The van der Waals surface area contributed by atoms with Crippen LogP contribution in [-0.2, 0) is 17.7 Å². The van der Waals surface area contributed by atoms with Crippen LogP contribution in [0, 0.1) is 0 Å². The number of halogens is 6. The fraction of sp³-hybridized carbons (Fsp3) is 1.00. The maximum absolute atomic E-state index is 11.5. The van der Waals surface area contributed by atoms with Crippen LogP contribution in [0.1, 0.15) is 20.3 Å². The lowest BCUT2D eigenvalue weighted by molar-refractivity contribution is -0.888. The first-order valence-corrected chi connectivity index (χ1v) is 10.8. The van der Waals surface area contributed by atoms with Gasteiger partial charge in [0.2, 0.25) is 0 Å². The normalized spacial score (nSPS) is 14.2. The summed E-state index contributed by atoms with van der Waals surface area (Å²) < 4.78 is 111. The lowest BCUT2D eigenvalue weighted by Gasteiger charge is -2.27. The molecule has 0 N–H and O–H groups in total. The maximum atomic E-state index is 11.5. The maximum Gasteiger partial charge on any atom is 0.508 e. The van der Waals surface area contributed by atoms with E-state index in [1.807, 2.05) is 0 Å². The van der Waals surface area contributed by atoms with Gasteiger partial charge in [-0.05, 0) is 13.3 Å². The van der Waals surface area contributed by atoms with E-state index in [0.717, 1.165) is 4.48 Å². The first kappa shape index (κ1) is 25.0. The molecule has 0 spiro atoms. The van der Waals surface area contributed by atoms with Gasteiger partial charge in [0.05, 0.1) is 27.2 Å². The third-order valence-electron chi connectivity index (χ3n) is 2.43. The summed E-state index contributed by atoms with van der Waals surface area (Å²) in [5.41, 5.74) is -12.1. The molecule has 0 aromatic heterocycles. The van der Waals surface area contributed by atoms with Crippen molar-refractivity contribution in [1.82, 2.24) is 0 Å². The Labute approximate surface area is 134 Å². The summed E-state index contributed by atoms with van der Waals surface area (Å²) in [5, 5.41) is 0. The predicted molar refractivity (Wildman–Crippen MR) is 75.3 cm³/mol. The molecule has 0 radical (unpaired) electrons. The summed E-state index contributed by atoms with van der Waals surface area (Å²) in [6.45, 7) is 7.01. The van der Waals surface area contributed by atoms with Crippen molar-refractivity contribution in [3.05, 3.63) is 0 Å². The van der Waals surface area contributed by atoms with Crippen LogP contribution in [0.5, 0.6) is 0 Å². The predicted octanol–water partition coefficient (Wildman–Crippen LogP) is 2.91. The zero-order valence-corrected chi connectivity index (χ0v) is 15.1. The molecule has 142 valence electrons. The van der Waals surface area contributed by atoms with Crippen molar-refractivity contribution in [2.75, 3.05) is 27.2 Å². The second kappa shape index (κ2) is 8.25. The van der Waals surface area contributed by atoms with Crippen LogP contribution in [0.15, 0.2) is 0 Å². The molecule has 0 aromatic rings. The minimum absolute atomic E-state index is 1.16. The number of hydrogen-bond acceptors (Lipinski definition) is 5. The average Bonchev–Trinajstić information content (AvgIpc) is 2.25. The number of alkyl halides is 6. The van der Waals surface area contributed by atoms with Crippen LogP contribution >= 0.6 is 9.83 Å². The highest BCUT2D eigenvalue weighted by Gasteiger charge is 2.56. The Balaban J connectivity index is 0. The summed E-state index contributed by atoms with van der Waals surface area (Å²) in [6.07, 6.45) is 1.29. The molecule has 0 aliphatic carbocycles. The topological polar surface area (TPSA) is 68.3 Å². The molecule has 0 aliphatic heterocycles. The minimum Gasteiger partial charge on any atom is -0.329 e. The van der Waals surface area contributed by atoms with E-state index in [4.69, 9.17) is 0 Å². The van der Waals surface area contributed by atoms with Gasteiger partial charge in [-0.25, -0.2) is 16.8 Å². The standard InChI is InChI=1S/C7H18N.C2F6O4S3/c1-5-7-8(3,4)6-2;3-1(4,5)14(9,10)13-15(11,12)2(6,7)8/h5-7H2,1-4H3;/q+1;. The number of quaternary nitrogens is 1. The molecule has 0 atom stereocenters. The Morgan fingerprint density at radius 2 is 1.13 bits per heavy atom. The highest BCUT2D eigenvalue weighted by molar-refractivity contribution is 9.04. The highest BCUT2D eigenvalue weighted by atomic mass is 33.5. The molecule has 0 bridgehead atoms. The van der Waals surface area contributed by atoms with Gasteiger partial charge in [-0.15, -0.1) is 0 Å². The Morgan fingerprint density at radius 3 is 1.26 bits per heavy atom. The van der Waals surface area contributed by atoms with E-state index in [1.165, 1.54) is 19.5 Å². The monoisotopic (exact) mass is 414 g/mol. The van der Waals surface area contributed by atoms with Crippen molar-refractivity contribution in [2.24, 2.45) is 0 Å². The second-order valence-electron chi connectivity index (χ2n) is 4.84. The molecule has 23 heavy (non-hydrogen) atoms. The van der Waals surface area contributed by atoms with Gasteiger partial charge >= 0.3 is 28.8 Å². The molecule has 14 heteroatoms. The van der Waals surface area contributed by atoms with E-state index in [0.29, 0.717) is 0 Å². The molecule has 0 aliphatic rings. The van der Waals surface area contributed by atoms with Crippen molar-refractivity contribution in [2.45, 2.75) is 31.3 Å². The van der Waals surface area contributed by atoms with Crippen molar-refractivity contribution < 1.29 is 47.7 Å². The molecule has 0 rings (SSSR count). The Morgan fingerprint density at radius 1 is 0.826 bits per heavy atom. The molecule has 5 nitrogen and oxygen atoms in total. The highest BCUT2D eigenvalue weighted by Crippen LogP contribution is 2.42. The molecule has 0 saturated heterocycles. The van der Waals surface area contributed by atoms with Crippen LogP contribution < -0.4 is 0 Å². The Kier molecular flexibility index (Phi) is 8.98. The molecule has 0 aromatic carbocycles. The zero-order valence-electron chi connectivity index (χ0n) is 12.7. The van der Waals surface area contributed by atoms with Crippen molar-refractivity contribution in [3.8, 4) is 0 Å². The zero-order chi connectivity index (χ0) is 19.3. The summed E-state index contributed by atoms with van der Waals surface area (Å²) in [5.74, 6) is 0. The van der Waals surface area contributed by atoms with Gasteiger partial charge in [0.1, 0.15) is 9.83 Å². The Bertz CT molecular complexity index is 523. The first-order valence-electron chi connectivity index (χ1n) is 5.98. The van der Waals surface area contributed by atoms with Crippen molar-refractivity contribution in [3.63, 3.8) is 0 Å². The van der Waals surface area contributed by atoms with E-state index < -0.39 is 38.6 Å². The van der Waals surface area contributed by atoms with Gasteiger partial charge in [-0.3, -0.25) is 0 Å². The molecular weight excluding hydrogens is 396 g/mol. The van der Waals surface area contributed by atoms with E-state index >= 15 is 0 Å². The fourth-order valence-corrected chi connectivity index (χ4v) is 6.03. The van der Waals surface area contributed by atoms with Gasteiger partial charge in [0.15, 0.2) is 0 Å². The summed E-state index contributed by atoms with van der Waals surface area (Å²) in [7, 11) is -10.5. The van der Waals surface area contributed by atoms with Gasteiger partial charge < -0.3 is 4.48 Å². The molecule has 0 heterocycles. The van der Waals surface area contributed by atoms with Crippen molar-refractivity contribution >= 4 is 27.6 Å². The largest absolute Gasteiger partial charge is 0.508 e. The van der Waals surface area contributed by atoms with Gasteiger partial charge in [0.25, 0.3) is 0 Å². The van der Waals surface area contributed by atoms with E-state index in [2.05, 4.69) is 27.9 Å². The fourth-order valence-electron chi connectivity index (χ4n) is 0.959. The first-order chi connectivity index (χ1) is 9.83. The Hall–Kier alpha value is -0.210. The van der Waals surface area contributed by atoms with Crippen LogP contribution in [0.4, 0.5) is 26.3 Å². The quantitative estimate of drug-likeness (QED) is 0.393. The molecule has 0 unspecified atom stereocenters. The smallest absolute Gasteiger partial charge is 0.329 e. The number of rotatable bonds is 5. The van der Waals surface area contributed by atoms with E-state index in [1.54, 1.807) is 0 Å². The lowest BCUT2D eigenvalue weighted by atomic mass is 10.4. The van der Waals surface area contributed by atoms with Crippen LogP contribution in [0.3, 0.4) is 0 Å². The van der Waals surface area contributed by atoms with Gasteiger partial charge in [-0.1, -0.05) is 6.92 Å². The summed E-state index contributed by atoms with van der Waals surface area (Å²) in [4.78, 5) is 0.